The van der Waals surface area contributed by atoms with Gasteiger partial charge in [0.05, 0.1) is 6.04 Å². The molecule has 1 aliphatic heterocycles. The number of anilines is 1. The Labute approximate surface area is 115 Å². The maximum Gasteiger partial charge on any atom is 0.241 e. The Kier molecular flexibility index (Phi) is 5.63. The maximum absolute atomic E-state index is 11.9. The van der Waals surface area contributed by atoms with E-state index in [1.165, 1.54) is 5.56 Å². The van der Waals surface area contributed by atoms with Crippen molar-refractivity contribution in [1.82, 2.24) is 5.32 Å². The molecule has 0 bridgehead atoms. The van der Waals surface area contributed by atoms with Crippen LogP contribution in [-0.2, 0) is 4.79 Å². The Balaban J connectivity index is 0.00000162. The second-order valence-corrected chi connectivity index (χ2v) is 4.91. The third-order valence-corrected chi connectivity index (χ3v) is 3.22. The van der Waals surface area contributed by atoms with Gasteiger partial charge in [-0.3, -0.25) is 4.79 Å². The largest absolute Gasteiger partial charge is 0.325 e. The van der Waals surface area contributed by atoms with Crippen LogP contribution in [0, 0.1) is 0 Å². The molecule has 1 aliphatic rings. The van der Waals surface area contributed by atoms with E-state index >= 15 is 0 Å². The van der Waals surface area contributed by atoms with E-state index in [1.54, 1.807) is 0 Å². The molecule has 1 fully saturated rings. The summed E-state index contributed by atoms with van der Waals surface area (Å²) in [5.41, 5.74) is 2.18. The summed E-state index contributed by atoms with van der Waals surface area (Å²) < 4.78 is 0. The summed E-state index contributed by atoms with van der Waals surface area (Å²) in [6.45, 7) is 5.27. The average molecular weight is 269 g/mol. The first-order valence-corrected chi connectivity index (χ1v) is 6.31. The fourth-order valence-corrected chi connectivity index (χ4v) is 2.09. The van der Waals surface area contributed by atoms with Crippen LogP contribution < -0.4 is 10.6 Å². The molecule has 18 heavy (non-hydrogen) atoms. The van der Waals surface area contributed by atoms with Gasteiger partial charge in [0.2, 0.25) is 5.91 Å². The Morgan fingerprint density at radius 1 is 1.33 bits per heavy atom. The second-order valence-electron chi connectivity index (χ2n) is 4.91. The Bertz CT molecular complexity index is 383. The quantitative estimate of drug-likeness (QED) is 0.885. The molecule has 1 aromatic carbocycles. The molecular formula is C14H21ClN2O. The van der Waals surface area contributed by atoms with E-state index < -0.39 is 0 Å². The monoisotopic (exact) mass is 268 g/mol. The lowest BCUT2D eigenvalue weighted by molar-refractivity contribution is -0.117. The highest BCUT2D eigenvalue weighted by atomic mass is 35.5. The molecule has 0 saturated carbocycles. The van der Waals surface area contributed by atoms with Gasteiger partial charge in [0.1, 0.15) is 0 Å². The number of hydrogen-bond donors (Lipinski definition) is 2. The summed E-state index contributed by atoms with van der Waals surface area (Å²) in [6.07, 6.45) is 2.03. The van der Waals surface area contributed by atoms with Crippen molar-refractivity contribution < 1.29 is 4.79 Å². The topological polar surface area (TPSA) is 41.1 Å². The molecule has 3 nitrogen and oxygen atoms in total. The van der Waals surface area contributed by atoms with Gasteiger partial charge in [-0.05, 0) is 43.0 Å². The zero-order valence-corrected chi connectivity index (χ0v) is 11.7. The van der Waals surface area contributed by atoms with Gasteiger partial charge >= 0.3 is 0 Å². The lowest BCUT2D eigenvalue weighted by atomic mass is 10.0. The Hall–Kier alpha value is -1.06. The third kappa shape index (κ3) is 3.72. The van der Waals surface area contributed by atoms with Crippen molar-refractivity contribution in [3.05, 3.63) is 29.8 Å². The minimum Gasteiger partial charge on any atom is -0.325 e. The molecule has 4 heteroatoms. The zero-order chi connectivity index (χ0) is 12.3. The molecule has 1 unspecified atom stereocenters. The Morgan fingerprint density at radius 2 is 2.00 bits per heavy atom. The average Bonchev–Trinajstić information content (AvgIpc) is 2.83. The van der Waals surface area contributed by atoms with E-state index in [2.05, 4.69) is 36.6 Å². The van der Waals surface area contributed by atoms with Crippen molar-refractivity contribution in [2.24, 2.45) is 0 Å². The molecular weight excluding hydrogens is 248 g/mol. The van der Waals surface area contributed by atoms with E-state index in [9.17, 15) is 4.79 Å². The maximum atomic E-state index is 11.9. The highest BCUT2D eigenvalue weighted by molar-refractivity contribution is 5.95. The molecule has 100 valence electrons. The van der Waals surface area contributed by atoms with Crippen molar-refractivity contribution in [3.8, 4) is 0 Å². The van der Waals surface area contributed by atoms with Gasteiger partial charge in [-0.15, -0.1) is 12.4 Å². The number of hydrogen-bond acceptors (Lipinski definition) is 2. The number of nitrogens with one attached hydrogen (secondary N) is 2. The molecule has 1 amide bonds. The van der Waals surface area contributed by atoms with Crippen LogP contribution >= 0.6 is 12.4 Å². The van der Waals surface area contributed by atoms with Crippen LogP contribution in [0.3, 0.4) is 0 Å². The first-order valence-electron chi connectivity index (χ1n) is 6.31. The van der Waals surface area contributed by atoms with E-state index in [0.717, 1.165) is 25.1 Å². The van der Waals surface area contributed by atoms with Crippen LogP contribution in [-0.4, -0.2) is 18.5 Å². The first-order chi connectivity index (χ1) is 8.16. The number of benzene rings is 1. The van der Waals surface area contributed by atoms with Crippen molar-refractivity contribution in [2.75, 3.05) is 11.9 Å². The molecule has 0 spiro atoms. The lowest BCUT2D eigenvalue weighted by Gasteiger charge is -2.12. The van der Waals surface area contributed by atoms with Crippen LogP contribution in [0.25, 0.3) is 0 Å². The van der Waals surface area contributed by atoms with Gasteiger partial charge in [0.25, 0.3) is 0 Å². The number of amides is 1. The van der Waals surface area contributed by atoms with Crippen molar-refractivity contribution in [1.29, 1.82) is 0 Å². The van der Waals surface area contributed by atoms with Crippen LogP contribution in [0.2, 0.25) is 0 Å². The normalized spacial score (nSPS) is 18.5. The molecule has 1 saturated heterocycles. The molecule has 1 aromatic rings. The standard InChI is InChI=1S/C14H20N2O.ClH/c1-10(2)11-5-7-12(8-6-11)16-14(17)13-4-3-9-15-13;/h5-8,10,13,15H,3-4,9H2,1-2H3,(H,16,17);1H. The van der Waals surface area contributed by atoms with Crippen molar-refractivity contribution in [3.63, 3.8) is 0 Å². The smallest absolute Gasteiger partial charge is 0.241 e. The second kappa shape index (κ2) is 6.76. The van der Waals surface area contributed by atoms with Gasteiger partial charge in [0, 0.05) is 5.69 Å². The Morgan fingerprint density at radius 3 is 2.50 bits per heavy atom. The summed E-state index contributed by atoms with van der Waals surface area (Å²) in [5.74, 6) is 0.607. The van der Waals surface area contributed by atoms with Crippen molar-refractivity contribution >= 4 is 24.0 Å². The number of carbonyl (C=O) groups excluding carboxylic acids is 1. The fourth-order valence-electron chi connectivity index (χ4n) is 2.09. The predicted molar refractivity (Wildman–Crippen MR) is 77.4 cm³/mol. The van der Waals surface area contributed by atoms with E-state index in [-0.39, 0.29) is 24.4 Å². The van der Waals surface area contributed by atoms with Crippen LogP contribution in [0.4, 0.5) is 5.69 Å². The lowest BCUT2D eigenvalue weighted by Crippen LogP contribution is -2.35. The molecule has 2 N–H and O–H groups in total. The summed E-state index contributed by atoms with van der Waals surface area (Å²) >= 11 is 0. The van der Waals surface area contributed by atoms with Gasteiger partial charge in [-0.1, -0.05) is 26.0 Å². The van der Waals surface area contributed by atoms with Gasteiger partial charge in [-0.25, -0.2) is 0 Å². The fraction of sp³-hybridized carbons (Fsp3) is 0.500. The summed E-state index contributed by atoms with van der Waals surface area (Å²) in [6, 6.07) is 8.08. The SMILES string of the molecule is CC(C)c1ccc(NC(=O)C2CCCN2)cc1.Cl. The number of carbonyl (C=O) groups is 1. The predicted octanol–water partition coefficient (Wildman–Crippen LogP) is 2.92. The molecule has 2 rings (SSSR count). The summed E-state index contributed by atoms with van der Waals surface area (Å²) in [4.78, 5) is 11.9. The summed E-state index contributed by atoms with van der Waals surface area (Å²) in [5, 5.41) is 6.14. The van der Waals surface area contributed by atoms with Gasteiger partial charge < -0.3 is 10.6 Å². The van der Waals surface area contributed by atoms with Crippen LogP contribution in [0.15, 0.2) is 24.3 Å². The molecule has 1 atom stereocenters. The highest BCUT2D eigenvalue weighted by Crippen LogP contribution is 2.17. The van der Waals surface area contributed by atoms with Crippen LogP contribution in [0.1, 0.15) is 38.2 Å². The molecule has 1 heterocycles. The highest BCUT2D eigenvalue weighted by Gasteiger charge is 2.21. The van der Waals surface area contributed by atoms with E-state index in [4.69, 9.17) is 0 Å². The van der Waals surface area contributed by atoms with E-state index in [0.29, 0.717) is 5.92 Å². The van der Waals surface area contributed by atoms with Gasteiger partial charge in [-0.2, -0.15) is 0 Å². The first kappa shape index (κ1) is 15.0. The van der Waals surface area contributed by atoms with Crippen molar-refractivity contribution in [2.45, 2.75) is 38.6 Å². The number of rotatable bonds is 3. The zero-order valence-electron chi connectivity index (χ0n) is 10.9. The minimum atomic E-state index is -0.0141. The number of halogens is 1. The molecule has 0 aliphatic carbocycles. The third-order valence-electron chi connectivity index (χ3n) is 3.22. The molecule has 0 aromatic heterocycles. The molecule has 0 radical (unpaired) electrons. The summed E-state index contributed by atoms with van der Waals surface area (Å²) in [7, 11) is 0. The van der Waals surface area contributed by atoms with Gasteiger partial charge in [0.15, 0.2) is 0 Å². The minimum absolute atomic E-state index is 0. The van der Waals surface area contributed by atoms with E-state index in [1.807, 2.05) is 12.1 Å². The van der Waals surface area contributed by atoms with Crippen LogP contribution in [0.5, 0.6) is 0 Å².